The van der Waals surface area contributed by atoms with E-state index in [0.717, 1.165) is 19.0 Å². The summed E-state index contributed by atoms with van der Waals surface area (Å²) < 4.78 is 0. The Balaban J connectivity index is 1.72. The van der Waals surface area contributed by atoms with Crippen molar-refractivity contribution in [2.45, 2.75) is 57.2 Å². The molecule has 0 radical (unpaired) electrons. The van der Waals surface area contributed by atoms with Crippen molar-refractivity contribution in [2.24, 2.45) is 5.92 Å². The van der Waals surface area contributed by atoms with Gasteiger partial charge in [0.15, 0.2) is 0 Å². The molecule has 1 N–H and O–H groups in total. The van der Waals surface area contributed by atoms with Gasteiger partial charge in [0.05, 0.1) is 12.0 Å². The van der Waals surface area contributed by atoms with Gasteiger partial charge in [0.1, 0.15) is 0 Å². The molecule has 16 heavy (non-hydrogen) atoms. The lowest BCUT2D eigenvalue weighted by molar-refractivity contribution is 0.233. The van der Waals surface area contributed by atoms with Crippen LogP contribution >= 0.6 is 0 Å². The number of nitriles is 1. The molecular formula is C13H23N3. The fourth-order valence-electron chi connectivity index (χ4n) is 2.67. The Hall–Kier alpha value is -0.590. The third-order valence-electron chi connectivity index (χ3n) is 4.18. The predicted molar refractivity (Wildman–Crippen MR) is 65.0 cm³/mol. The highest BCUT2D eigenvalue weighted by Crippen LogP contribution is 2.27. The van der Waals surface area contributed by atoms with Crippen molar-refractivity contribution in [3.05, 3.63) is 0 Å². The molecule has 0 saturated heterocycles. The van der Waals surface area contributed by atoms with Crippen LogP contribution in [0, 0.1) is 17.2 Å². The van der Waals surface area contributed by atoms with Crippen molar-refractivity contribution in [1.29, 1.82) is 5.26 Å². The standard InChI is InChI=1S/C13H23N3/c1-10(16(2)12-6-7-12)9-15-13-5-3-4-11(13)8-14/h10-13,15H,3-7,9H2,1-2H3. The van der Waals surface area contributed by atoms with E-state index in [0.29, 0.717) is 12.1 Å². The number of likely N-dealkylation sites (N-methyl/N-ethyl adjacent to an activating group) is 1. The molecule has 0 aromatic carbocycles. The van der Waals surface area contributed by atoms with Gasteiger partial charge in [-0.25, -0.2) is 0 Å². The van der Waals surface area contributed by atoms with E-state index in [1.807, 2.05) is 0 Å². The van der Waals surface area contributed by atoms with E-state index in [4.69, 9.17) is 5.26 Å². The van der Waals surface area contributed by atoms with E-state index in [1.165, 1.54) is 25.7 Å². The minimum atomic E-state index is 0.249. The summed E-state index contributed by atoms with van der Waals surface area (Å²) in [5.41, 5.74) is 0. The lowest BCUT2D eigenvalue weighted by atomic mass is 10.1. The van der Waals surface area contributed by atoms with Crippen molar-refractivity contribution < 1.29 is 0 Å². The summed E-state index contributed by atoms with van der Waals surface area (Å²) in [6, 6.07) is 4.29. The highest BCUT2D eigenvalue weighted by atomic mass is 15.2. The summed E-state index contributed by atoms with van der Waals surface area (Å²) in [6.45, 7) is 3.30. The zero-order chi connectivity index (χ0) is 11.5. The quantitative estimate of drug-likeness (QED) is 0.769. The number of nitrogens with one attached hydrogen (secondary N) is 1. The third-order valence-corrected chi connectivity index (χ3v) is 4.18. The molecule has 0 aliphatic heterocycles. The van der Waals surface area contributed by atoms with Crippen molar-refractivity contribution in [1.82, 2.24) is 10.2 Å². The molecule has 3 heteroatoms. The molecule has 3 unspecified atom stereocenters. The van der Waals surface area contributed by atoms with Gasteiger partial charge >= 0.3 is 0 Å². The molecule has 2 rings (SSSR count). The topological polar surface area (TPSA) is 39.1 Å². The Morgan fingerprint density at radius 2 is 2.12 bits per heavy atom. The third kappa shape index (κ3) is 2.75. The highest BCUT2D eigenvalue weighted by molar-refractivity contribution is 4.97. The molecule has 2 saturated carbocycles. The highest BCUT2D eigenvalue weighted by Gasteiger charge is 2.31. The minimum Gasteiger partial charge on any atom is -0.311 e. The maximum absolute atomic E-state index is 9.01. The normalized spacial score (nSPS) is 31.6. The largest absolute Gasteiger partial charge is 0.311 e. The first-order valence-electron chi connectivity index (χ1n) is 6.57. The second-order valence-corrected chi connectivity index (χ2v) is 5.43. The van der Waals surface area contributed by atoms with E-state index >= 15 is 0 Å². The first-order valence-corrected chi connectivity index (χ1v) is 6.57. The second-order valence-electron chi connectivity index (χ2n) is 5.43. The van der Waals surface area contributed by atoms with Crippen LogP contribution in [0.4, 0.5) is 0 Å². The number of rotatable bonds is 5. The van der Waals surface area contributed by atoms with Crippen molar-refractivity contribution in [2.75, 3.05) is 13.6 Å². The Bertz CT molecular complexity index is 267. The molecular weight excluding hydrogens is 198 g/mol. The van der Waals surface area contributed by atoms with Gasteiger partial charge in [-0.2, -0.15) is 5.26 Å². The molecule has 0 aromatic heterocycles. The minimum absolute atomic E-state index is 0.249. The predicted octanol–water partition coefficient (Wildman–Crippen LogP) is 1.75. The summed E-state index contributed by atoms with van der Waals surface area (Å²) in [5.74, 6) is 0.249. The Kier molecular flexibility index (Phi) is 3.83. The van der Waals surface area contributed by atoms with E-state index in [-0.39, 0.29) is 5.92 Å². The molecule has 3 atom stereocenters. The van der Waals surface area contributed by atoms with Crippen LogP contribution in [-0.2, 0) is 0 Å². The van der Waals surface area contributed by atoms with Crippen LogP contribution in [0.25, 0.3) is 0 Å². The Morgan fingerprint density at radius 3 is 2.75 bits per heavy atom. The van der Waals surface area contributed by atoms with Gasteiger partial charge in [0.25, 0.3) is 0 Å². The molecule has 90 valence electrons. The summed E-state index contributed by atoms with van der Waals surface area (Å²) in [5, 5.41) is 12.6. The van der Waals surface area contributed by atoms with E-state index in [2.05, 4.69) is 30.3 Å². The van der Waals surface area contributed by atoms with E-state index in [9.17, 15) is 0 Å². The molecule has 2 aliphatic rings. The van der Waals surface area contributed by atoms with Crippen LogP contribution in [0.5, 0.6) is 0 Å². The van der Waals surface area contributed by atoms with Gasteiger partial charge in [0, 0.05) is 24.7 Å². The Labute approximate surface area is 98.8 Å². The lowest BCUT2D eigenvalue weighted by Gasteiger charge is -2.27. The number of hydrogen-bond acceptors (Lipinski definition) is 3. The average Bonchev–Trinajstić information content (AvgIpc) is 3.04. The van der Waals surface area contributed by atoms with Gasteiger partial charge in [0.2, 0.25) is 0 Å². The maximum atomic E-state index is 9.01. The fourth-order valence-corrected chi connectivity index (χ4v) is 2.67. The summed E-state index contributed by atoms with van der Waals surface area (Å²) in [7, 11) is 2.22. The van der Waals surface area contributed by atoms with Gasteiger partial charge in [-0.15, -0.1) is 0 Å². The van der Waals surface area contributed by atoms with Crippen LogP contribution in [0.2, 0.25) is 0 Å². The maximum Gasteiger partial charge on any atom is 0.0672 e. The summed E-state index contributed by atoms with van der Waals surface area (Å²) in [6.07, 6.45) is 6.21. The van der Waals surface area contributed by atoms with Gasteiger partial charge in [-0.3, -0.25) is 4.90 Å². The average molecular weight is 221 g/mol. The monoisotopic (exact) mass is 221 g/mol. The van der Waals surface area contributed by atoms with Crippen LogP contribution in [0.1, 0.15) is 39.0 Å². The van der Waals surface area contributed by atoms with Crippen molar-refractivity contribution >= 4 is 0 Å². The van der Waals surface area contributed by atoms with Gasteiger partial charge in [-0.1, -0.05) is 6.42 Å². The number of nitrogens with zero attached hydrogens (tertiary/aromatic N) is 2. The number of hydrogen-bond donors (Lipinski definition) is 1. The summed E-state index contributed by atoms with van der Waals surface area (Å²) >= 11 is 0. The Morgan fingerprint density at radius 1 is 1.38 bits per heavy atom. The zero-order valence-corrected chi connectivity index (χ0v) is 10.4. The van der Waals surface area contributed by atoms with Gasteiger partial charge < -0.3 is 5.32 Å². The van der Waals surface area contributed by atoms with Crippen LogP contribution in [-0.4, -0.2) is 36.6 Å². The molecule has 0 aromatic rings. The lowest BCUT2D eigenvalue weighted by Crippen LogP contribution is -2.43. The molecule has 3 nitrogen and oxygen atoms in total. The van der Waals surface area contributed by atoms with Crippen molar-refractivity contribution in [3.63, 3.8) is 0 Å². The first kappa shape index (κ1) is 11.9. The first-order chi connectivity index (χ1) is 7.72. The smallest absolute Gasteiger partial charge is 0.0672 e. The summed E-state index contributed by atoms with van der Waals surface area (Å²) in [4.78, 5) is 2.48. The van der Waals surface area contributed by atoms with Gasteiger partial charge in [-0.05, 0) is 39.7 Å². The molecule has 2 aliphatic carbocycles. The van der Waals surface area contributed by atoms with E-state index < -0.39 is 0 Å². The zero-order valence-electron chi connectivity index (χ0n) is 10.4. The SMILES string of the molecule is CC(CNC1CCCC1C#N)N(C)C1CC1. The van der Waals surface area contributed by atoms with Crippen molar-refractivity contribution in [3.8, 4) is 6.07 Å². The van der Waals surface area contributed by atoms with Crippen LogP contribution in [0.3, 0.4) is 0 Å². The van der Waals surface area contributed by atoms with Crippen LogP contribution in [0.15, 0.2) is 0 Å². The second kappa shape index (κ2) is 5.16. The fraction of sp³-hybridized carbons (Fsp3) is 0.923. The van der Waals surface area contributed by atoms with E-state index in [1.54, 1.807) is 0 Å². The molecule has 0 bridgehead atoms. The molecule has 2 fully saturated rings. The molecule has 0 amide bonds. The van der Waals surface area contributed by atoms with Crippen LogP contribution < -0.4 is 5.32 Å². The molecule has 0 heterocycles. The molecule has 0 spiro atoms.